The van der Waals surface area contributed by atoms with Crippen LogP contribution in [-0.4, -0.2) is 43.5 Å². The molecule has 1 fully saturated rings. The van der Waals surface area contributed by atoms with Crippen molar-refractivity contribution in [3.05, 3.63) is 18.5 Å². The molecule has 2 aromatic heterocycles. The Labute approximate surface area is 107 Å². The van der Waals surface area contributed by atoms with Crippen molar-refractivity contribution in [2.45, 2.75) is 45.3 Å². The zero-order chi connectivity index (χ0) is 12.5. The lowest BCUT2D eigenvalue weighted by Crippen LogP contribution is -2.38. The van der Waals surface area contributed by atoms with Gasteiger partial charge in [-0.05, 0) is 39.3 Å². The number of likely N-dealkylation sites (tertiary alicyclic amines) is 1. The standard InChI is InChI=1S/C13H19N5/c1-10(2)17-7-3-4-11(17)9-18-13-5-6-14-8-12(13)15-16-18/h5-6,8,10-11H,3-4,7,9H2,1-2H3. The molecule has 18 heavy (non-hydrogen) atoms. The van der Waals surface area contributed by atoms with Gasteiger partial charge >= 0.3 is 0 Å². The normalized spacial score (nSPS) is 21.2. The highest BCUT2D eigenvalue weighted by molar-refractivity contribution is 5.72. The largest absolute Gasteiger partial charge is 0.296 e. The number of hydrogen-bond donors (Lipinski definition) is 0. The summed E-state index contributed by atoms with van der Waals surface area (Å²) < 4.78 is 2.02. The Balaban J connectivity index is 1.84. The van der Waals surface area contributed by atoms with Crippen LogP contribution in [0.25, 0.3) is 11.0 Å². The van der Waals surface area contributed by atoms with Gasteiger partial charge in [-0.15, -0.1) is 5.10 Å². The molecule has 1 atom stereocenters. The first-order valence-corrected chi connectivity index (χ1v) is 6.64. The van der Waals surface area contributed by atoms with E-state index in [9.17, 15) is 0 Å². The Bertz CT molecular complexity index is 533. The molecule has 1 aliphatic heterocycles. The lowest BCUT2D eigenvalue weighted by molar-refractivity contribution is 0.184. The molecule has 0 radical (unpaired) electrons. The van der Waals surface area contributed by atoms with Crippen LogP contribution in [0.2, 0.25) is 0 Å². The quantitative estimate of drug-likeness (QED) is 0.825. The van der Waals surface area contributed by atoms with Gasteiger partial charge in [-0.25, -0.2) is 4.68 Å². The van der Waals surface area contributed by atoms with Gasteiger partial charge in [-0.1, -0.05) is 5.21 Å². The van der Waals surface area contributed by atoms with E-state index in [1.54, 1.807) is 12.4 Å². The molecular formula is C13H19N5. The van der Waals surface area contributed by atoms with E-state index in [-0.39, 0.29) is 0 Å². The summed E-state index contributed by atoms with van der Waals surface area (Å²) in [6.45, 7) is 6.67. The number of nitrogens with zero attached hydrogens (tertiary/aromatic N) is 5. The maximum Gasteiger partial charge on any atom is 0.131 e. The zero-order valence-electron chi connectivity index (χ0n) is 11.0. The molecule has 3 heterocycles. The second-order valence-corrected chi connectivity index (χ2v) is 5.26. The van der Waals surface area contributed by atoms with Crippen molar-refractivity contribution in [3.63, 3.8) is 0 Å². The summed E-state index contributed by atoms with van der Waals surface area (Å²) >= 11 is 0. The predicted octanol–water partition coefficient (Wildman–Crippen LogP) is 1.70. The van der Waals surface area contributed by atoms with Crippen LogP contribution in [0, 0.1) is 0 Å². The smallest absolute Gasteiger partial charge is 0.131 e. The summed E-state index contributed by atoms with van der Waals surface area (Å²) in [5, 5.41) is 8.42. The van der Waals surface area contributed by atoms with Crippen LogP contribution in [0.4, 0.5) is 0 Å². The van der Waals surface area contributed by atoms with Crippen molar-refractivity contribution in [2.24, 2.45) is 0 Å². The number of rotatable bonds is 3. The molecule has 0 amide bonds. The van der Waals surface area contributed by atoms with E-state index < -0.39 is 0 Å². The third kappa shape index (κ3) is 1.99. The molecule has 1 saturated heterocycles. The Morgan fingerprint density at radius 2 is 2.33 bits per heavy atom. The SMILES string of the molecule is CC(C)N1CCCC1Cn1nnc2cnccc21. The summed E-state index contributed by atoms with van der Waals surface area (Å²) in [7, 11) is 0. The van der Waals surface area contributed by atoms with Gasteiger partial charge in [0.1, 0.15) is 5.52 Å². The third-order valence-electron chi connectivity index (χ3n) is 3.79. The van der Waals surface area contributed by atoms with Gasteiger partial charge in [0, 0.05) is 18.3 Å². The van der Waals surface area contributed by atoms with E-state index in [0.717, 1.165) is 17.6 Å². The molecule has 5 heteroatoms. The van der Waals surface area contributed by atoms with Crippen LogP contribution in [0.15, 0.2) is 18.5 Å². The van der Waals surface area contributed by atoms with Gasteiger partial charge < -0.3 is 0 Å². The Morgan fingerprint density at radius 3 is 3.17 bits per heavy atom. The lowest BCUT2D eigenvalue weighted by atomic mass is 10.2. The van der Waals surface area contributed by atoms with Gasteiger partial charge in [-0.3, -0.25) is 9.88 Å². The summed E-state index contributed by atoms with van der Waals surface area (Å²) in [5.74, 6) is 0. The van der Waals surface area contributed by atoms with Crippen LogP contribution in [0.3, 0.4) is 0 Å². The highest BCUT2D eigenvalue weighted by Gasteiger charge is 2.27. The van der Waals surface area contributed by atoms with Crippen LogP contribution < -0.4 is 0 Å². The van der Waals surface area contributed by atoms with Crippen molar-refractivity contribution >= 4 is 11.0 Å². The van der Waals surface area contributed by atoms with E-state index in [1.807, 2.05) is 10.7 Å². The average molecular weight is 245 g/mol. The highest BCUT2D eigenvalue weighted by atomic mass is 15.4. The molecule has 0 aromatic carbocycles. The van der Waals surface area contributed by atoms with Crippen LogP contribution >= 0.6 is 0 Å². The van der Waals surface area contributed by atoms with Gasteiger partial charge in [0.05, 0.1) is 18.3 Å². The minimum Gasteiger partial charge on any atom is -0.296 e. The van der Waals surface area contributed by atoms with Gasteiger partial charge in [-0.2, -0.15) is 0 Å². The first kappa shape index (κ1) is 11.6. The summed E-state index contributed by atoms with van der Waals surface area (Å²) in [6, 6.07) is 3.18. The second-order valence-electron chi connectivity index (χ2n) is 5.26. The van der Waals surface area contributed by atoms with Gasteiger partial charge in [0.2, 0.25) is 0 Å². The predicted molar refractivity (Wildman–Crippen MR) is 70.2 cm³/mol. The summed E-state index contributed by atoms with van der Waals surface area (Å²) in [5.41, 5.74) is 1.97. The fourth-order valence-corrected chi connectivity index (χ4v) is 2.89. The Morgan fingerprint density at radius 1 is 1.44 bits per heavy atom. The number of fused-ring (bicyclic) bond motifs is 1. The highest BCUT2D eigenvalue weighted by Crippen LogP contribution is 2.22. The molecule has 3 rings (SSSR count). The van der Waals surface area contributed by atoms with E-state index in [0.29, 0.717) is 12.1 Å². The second kappa shape index (κ2) is 4.65. The first-order valence-electron chi connectivity index (χ1n) is 6.64. The molecule has 2 aromatic rings. The molecule has 0 bridgehead atoms. The maximum atomic E-state index is 4.25. The molecule has 0 aliphatic carbocycles. The molecule has 0 saturated carbocycles. The minimum absolute atomic E-state index is 0.586. The molecule has 0 N–H and O–H groups in total. The van der Waals surface area contributed by atoms with Crippen LogP contribution in [-0.2, 0) is 6.54 Å². The molecular weight excluding hydrogens is 226 g/mol. The number of aromatic nitrogens is 4. The van der Waals surface area contributed by atoms with Crippen molar-refractivity contribution in [2.75, 3.05) is 6.54 Å². The van der Waals surface area contributed by atoms with E-state index in [1.165, 1.54) is 19.4 Å². The van der Waals surface area contributed by atoms with Crippen molar-refractivity contribution < 1.29 is 0 Å². The van der Waals surface area contributed by atoms with E-state index in [4.69, 9.17) is 0 Å². The average Bonchev–Trinajstić information content (AvgIpc) is 2.97. The van der Waals surface area contributed by atoms with Crippen LogP contribution in [0.5, 0.6) is 0 Å². The summed E-state index contributed by atoms with van der Waals surface area (Å²) in [4.78, 5) is 6.64. The molecule has 5 nitrogen and oxygen atoms in total. The fraction of sp³-hybridized carbons (Fsp3) is 0.615. The maximum absolute atomic E-state index is 4.25. The molecule has 1 unspecified atom stereocenters. The minimum atomic E-state index is 0.586. The molecule has 96 valence electrons. The number of hydrogen-bond acceptors (Lipinski definition) is 4. The number of pyridine rings is 1. The topological polar surface area (TPSA) is 46.8 Å². The van der Waals surface area contributed by atoms with Gasteiger partial charge in [0.25, 0.3) is 0 Å². The third-order valence-corrected chi connectivity index (χ3v) is 3.79. The zero-order valence-corrected chi connectivity index (χ0v) is 11.0. The van der Waals surface area contributed by atoms with Crippen molar-refractivity contribution in [1.82, 2.24) is 24.9 Å². The first-order chi connectivity index (χ1) is 8.75. The fourth-order valence-electron chi connectivity index (χ4n) is 2.89. The van der Waals surface area contributed by atoms with Crippen molar-refractivity contribution in [3.8, 4) is 0 Å². The molecule has 0 spiro atoms. The van der Waals surface area contributed by atoms with Gasteiger partial charge in [0.15, 0.2) is 0 Å². The van der Waals surface area contributed by atoms with E-state index in [2.05, 4.69) is 34.0 Å². The van der Waals surface area contributed by atoms with E-state index >= 15 is 0 Å². The molecule has 1 aliphatic rings. The van der Waals surface area contributed by atoms with Crippen LogP contribution in [0.1, 0.15) is 26.7 Å². The van der Waals surface area contributed by atoms with Crippen molar-refractivity contribution in [1.29, 1.82) is 0 Å². The monoisotopic (exact) mass is 245 g/mol. The Hall–Kier alpha value is -1.49. The Kier molecular flexibility index (Phi) is 2.99. The summed E-state index contributed by atoms with van der Waals surface area (Å²) in [6.07, 6.45) is 6.12. The lowest BCUT2D eigenvalue weighted by Gasteiger charge is -2.28.